The van der Waals surface area contributed by atoms with Crippen molar-refractivity contribution in [1.29, 1.82) is 0 Å². The van der Waals surface area contributed by atoms with E-state index in [4.69, 9.17) is 17.3 Å². The van der Waals surface area contributed by atoms with Gasteiger partial charge in [-0.3, -0.25) is 4.79 Å². The number of carbonyl (C=O) groups excluding carboxylic acids is 1. The number of hydrogen-bond acceptors (Lipinski definition) is 2. The summed E-state index contributed by atoms with van der Waals surface area (Å²) in [7, 11) is 0. The molecule has 0 aliphatic rings. The van der Waals surface area contributed by atoms with Gasteiger partial charge in [0.25, 0.3) is 0 Å². The van der Waals surface area contributed by atoms with Gasteiger partial charge in [-0.05, 0) is 18.2 Å². The van der Waals surface area contributed by atoms with E-state index in [1.165, 1.54) is 18.2 Å². The molecule has 0 aromatic heterocycles. The fourth-order valence-electron chi connectivity index (χ4n) is 0.815. The lowest BCUT2D eigenvalue weighted by Crippen LogP contribution is -2.22. The van der Waals surface area contributed by atoms with Crippen LogP contribution in [0.25, 0.3) is 0 Å². The number of halogens is 2. The van der Waals surface area contributed by atoms with E-state index < -0.39 is 11.7 Å². The maximum atomic E-state index is 12.9. The second-order valence-electron chi connectivity index (χ2n) is 2.44. The molecule has 0 unspecified atom stereocenters. The van der Waals surface area contributed by atoms with Gasteiger partial charge in [-0.2, -0.15) is 0 Å². The molecule has 0 aliphatic carbocycles. The topological polar surface area (TPSA) is 55.1 Å². The summed E-state index contributed by atoms with van der Waals surface area (Å²) in [5.41, 5.74) is 5.04. The third kappa shape index (κ3) is 2.91. The first-order chi connectivity index (χ1) is 6.09. The highest BCUT2D eigenvalue weighted by molar-refractivity contribution is 6.30. The van der Waals surface area contributed by atoms with Crippen LogP contribution in [-0.4, -0.2) is 12.5 Å². The van der Waals surface area contributed by atoms with E-state index in [1.54, 1.807) is 0 Å². The summed E-state index contributed by atoms with van der Waals surface area (Å²) in [5.74, 6) is -1.02. The lowest BCUT2D eigenvalue weighted by atomic mass is 10.3. The summed E-state index contributed by atoms with van der Waals surface area (Å²) in [6, 6.07) is 4.03. The van der Waals surface area contributed by atoms with E-state index in [2.05, 4.69) is 5.32 Å². The molecule has 3 nitrogen and oxygen atoms in total. The molecule has 0 fully saturated rings. The Morgan fingerprint density at radius 2 is 2.31 bits per heavy atom. The van der Waals surface area contributed by atoms with Crippen LogP contribution in [0.15, 0.2) is 18.2 Å². The molecule has 1 aromatic rings. The normalized spacial score (nSPS) is 9.69. The minimum absolute atomic E-state index is 0.114. The Morgan fingerprint density at radius 1 is 1.62 bits per heavy atom. The Kier molecular flexibility index (Phi) is 3.08. The number of hydrogen-bond donors (Lipinski definition) is 2. The maximum Gasteiger partial charge on any atom is 0.236 e. The Morgan fingerprint density at radius 3 is 2.92 bits per heavy atom. The Bertz CT molecular complexity index is 330. The number of carbonyl (C=O) groups is 1. The molecule has 0 saturated heterocycles. The van der Waals surface area contributed by atoms with Crippen molar-refractivity contribution in [2.75, 3.05) is 11.9 Å². The van der Waals surface area contributed by atoms with Crippen LogP contribution in [0.2, 0.25) is 5.02 Å². The van der Waals surface area contributed by atoms with Crippen LogP contribution in [-0.2, 0) is 4.79 Å². The fraction of sp³-hybridized carbons (Fsp3) is 0.125. The monoisotopic (exact) mass is 202 g/mol. The highest BCUT2D eigenvalue weighted by atomic mass is 35.5. The van der Waals surface area contributed by atoms with Crippen LogP contribution in [0.4, 0.5) is 10.1 Å². The smallest absolute Gasteiger partial charge is 0.236 e. The van der Waals surface area contributed by atoms with E-state index in [1.807, 2.05) is 0 Å². The van der Waals surface area contributed by atoms with Gasteiger partial charge < -0.3 is 11.1 Å². The van der Waals surface area contributed by atoms with Crippen LogP contribution < -0.4 is 11.1 Å². The number of nitrogens with one attached hydrogen (secondary N) is 1. The summed E-state index contributed by atoms with van der Waals surface area (Å²) in [4.78, 5) is 10.4. The lowest BCUT2D eigenvalue weighted by molar-refractivity contribution is -0.116. The van der Waals surface area contributed by atoms with Crippen LogP contribution in [0.5, 0.6) is 0 Å². The molecule has 0 spiro atoms. The summed E-state index contributed by atoms with van der Waals surface area (Å²) < 4.78 is 12.9. The van der Waals surface area contributed by atoms with Gasteiger partial charge in [0.05, 0.1) is 12.2 Å². The molecule has 0 radical (unpaired) electrons. The summed E-state index contributed by atoms with van der Waals surface area (Å²) in [6.45, 7) is -0.114. The number of primary amides is 1. The Hall–Kier alpha value is -1.29. The molecule has 0 bridgehead atoms. The largest absolute Gasteiger partial charge is 0.374 e. The van der Waals surface area contributed by atoms with Crippen LogP contribution in [0, 0.1) is 5.82 Å². The SMILES string of the molecule is NC(=O)CNc1cc(Cl)ccc1F. The molecular weight excluding hydrogens is 195 g/mol. The molecule has 70 valence electrons. The summed E-state index contributed by atoms with van der Waals surface area (Å²) in [5, 5.41) is 2.92. The molecule has 5 heteroatoms. The highest BCUT2D eigenvalue weighted by Gasteiger charge is 2.02. The number of nitrogens with two attached hydrogens (primary N) is 1. The minimum Gasteiger partial charge on any atom is -0.374 e. The standard InChI is InChI=1S/C8H8ClFN2O/c9-5-1-2-6(10)7(3-5)12-4-8(11)13/h1-3,12H,4H2,(H2,11,13). The molecule has 0 atom stereocenters. The van der Waals surface area contributed by atoms with Gasteiger partial charge in [0, 0.05) is 5.02 Å². The lowest BCUT2D eigenvalue weighted by Gasteiger charge is -2.04. The fourth-order valence-corrected chi connectivity index (χ4v) is 0.987. The molecule has 0 aliphatic heterocycles. The van der Waals surface area contributed by atoms with Gasteiger partial charge >= 0.3 is 0 Å². The first kappa shape index (κ1) is 9.80. The van der Waals surface area contributed by atoms with Gasteiger partial charge in [-0.15, -0.1) is 0 Å². The average molecular weight is 203 g/mol. The predicted molar refractivity (Wildman–Crippen MR) is 49.1 cm³/mol. The molecule has 3 N–H and O–H groups in total. The molecule has 13 heavy (non-hydrogen) atoms. The van der Waals surface area contributed by atoms with Gasteiger partial charge in [0.15, 0.2) is 0 Å². The van der Waals surface area contributed by atoms with Gasteiger partial charge in [0.2, 0.25) is 5.91 Å². The van der Waals surface area contributed by atoms with E-state index in [0.29, 0.717) is 5.02 Å². The van der Waals surface area contributed by atoms with Crippen molar-refractivity contribution in [2.24, 2.45) is 5.73 Å². The second-order valence-corrected chi connectivity index (χ2v) is 2.88. The van der Waals surface area contributed by atoms with Crippen LogP contribution in [0.1, 0.15) is 0 Å². The maximum absolute atomic E-state index is 12.9. The minimum atomic E-state index is -0.556. The molecule has 1 rings (SSSR count). The van der Waals surface area contributed by atoms with Crippen LogP contribution in [0.3, 0.4) is 0 Å². The van der Waals surface area contributed by atoms with Crippen molar-refractivity contribution in [2.45, 2.75) is 0 Å². The summed E-state index contributed by atoms with van der Waals surface area (Å²) >= 11 is 5.61. The highest BCUT2D eigenvalue weighted by Crippen LogP contribution is 2.18. The van der Waals surface area contributed by atoms with E-state index >= 15 is 0 Å². The van der Waals surface area contributed by atoms with Crippen LogP contribution >= 0.6 is 11.6 Å². The first-order valence-electron chi connectivity index (χ1n) is 3.57. The van der Waals surface area contributed by atoms with Crippen molar-refractivity contribution in [3.05, 3.63) is 29.0 Å². The van der Waals surface area contributed by atoms with Gasteiger partial charge in [0.1, 0.15) is 5.82 Å². The molecular formula is C8H8ClFN2O. The zero-order chi connectivity index (χ0) is 9.84. The Balaban J connectivity index is 2.75. The third-order valence-electron chi connectivity index (χ3n) is 1.38. The van der Waals surface area contributed by atoms with Gasteiger partial charge in [-0.25, -0.2) is 4.39 Å². The van der Waals surface area contributed by atoms with Crippen molar-refractivity contribution >= 4 is 23.2 Å². The zero-order valence-corrected chi connectivity index (χ0v) is 7.44. The zero-order valence-electron chi connectivity index (χ0n) is 6.68. The molecule has 0 heterocycles. The van der Waals surface area contributed by atoms with E-state index in [0.717, 1.165) is 0 Å². The molecule has 1 amide bonds. The molecule has 1 aromatic carbocycles. The number of amides is 1. The molecule has 0 saturated carbocycles. The third-order valence-corrected chi connectivity index (χ3v) is 1.62. The van der Waals surface area contributed by atoms with Gasteiger partial charge in [-0.1, -0.05) is 11.6 Å². The summed E-state index contributed by atoms with van der Waals surface area (Å²) in [6.07, 6.45) is 0. The quantitative estimate of drug-likeness (QED) is 0.778. The first-order valence-corrected chi connectivity index (χ1v) is 3.94. The Labute approximate surface area is 79.7 Å². The predicted octanol–water partition coefficient (Wildman–Crippen LogP) is 1.38. The van der Waals surface area contributed by atoms with Crippen molar-refractivity contribution in [1.82, 2.24) is 0 Å². The number of benzene rings is 1. The van der Waals surface area contributed by atoms with Crippen molar-refractivity contribution in [3.63, 3.8) is 0 Å². The number of anilines is 1. The van der Waals surface area contributed by atoms with Crippen molar-refractivity contribution in [3.8, 4) is 0 Å². The van der Waals surface area contributed by atoms with E-state index in [-0.39, 0.29) is 12.2 Å². The van der Waals surface area contributed by atoms with E-state index in [9.17, 15) is 9.18 Å². The average Bonchev–Trinajstić information content (AvgIpc) is 2.06. The number of rotatable bonds is 3. The second kappa shape index (κ2) is 4.09. The van der Waals surface area contributed by atoms with Crippen molar-refractivity contribution < 1.29 is 9.18 Å².